The number of aliphatic hydroxyl groups is 1. The van der Waals surface area contributed by atoms with E-state index in [1.165, 1.54) is 0 Å². The summed E-state index contributed by atoms with van der Waals surface area (Å²) in [5.74, 6) is 0.960. The normalized spacial score (nSPS) is 21.7. The monoisotopic (exact) mass is 303 g/mol. The fourth-order valence-electron chi connectivity index (χ4n) is 2.98. The van der Waals surface area contributed by atoms with E-state index in [0.717, 1.165) is 31.2 Å². The van der Waals surface area contributed by atoms with Gasteiger partial charge < -0.3 is 20.2 Å². The molecule has 3 rings (SSSR count). The highest BCUT2D eigenvalue weighted by molar-refractivity contribution is 5.91. The molecular weight excluding hydrogens is 282 g/mol. The first-order valence-corrected chi connectivity index (χ1v) is 7.70. The van der Waals surface area contributed by atoms with Crippen LogP contribution in [0.1, 0.15) is 31.6 Å². The van der Waals surface area contributed by atoms with Crippen LogP contribution in [-0.4, -0.2) is 28.8 Å². The number of urea groups is 1. The van der Waals surface area contributed by atoms with Gasteiger partial charge in [-0.25, -0.2) is 9.78 Å². The fourth-order valence-corrected chi connectivity index (χ4v) is 2.98. The number of carbonyl (C=O) groups excluding carboxylic acids is 1. The third-order valence-electron chi connectivity index (χ3n) is 4.06. The lowest BCUT2D eigenvalue weighted by Crippen LogP contribution is -2.35. The van der Waals surface area contributed by atoms with Crippen molar-refractivity contribution in [2.75, 3.05) is 11.9 Å². The van der Waals surface area contributed by atoms with Gasteiger partial charge in [0.1, 0.15) is 5.52 Å². The Bertz CT molecular complexity index is 668. The topological polar surface area (TPSA) is 87.4 Å². The molecule has 1 aromatic carbocycles. The minimum Gasteiger partial charge on any atom is -0.441 e. The Morgan fingerprint density at radius 3 is 3.14 bits per heavy atom. The van der Waals surface area contributed by atoms with Crippen molar-refractivity contribution < 1.29 is 14.3 Å². The van der Waals surface area contributed by atoms with E-state index < -0.39 is 0 Å². The van der Waals surface area contributed by atoms with Gasteiger partial charge in [0.15, 0.2) is 11.5 Å². The highest BCUT2D eigenvalue weighted by Gasteiger charge is 2.20. The molecule has 1 aliphatic carbocycles. The third kappa shape index (κ3) is 3.57. The lowest BCUT2D eigenvalue weighted by atomic mass is 9.87. The Hall–Kier alpha value is -2.08. The smallest absolute Gasteiger partial charge is 0.319 e. The van der Waals surface area contributed by atoms with Crippen LogP contribution in [0.2, 0.25) is 0 Å². The Balaban J connectivity index is 1.53. The first kappa shape index (κ1) is 14.8. The van der Waals surface area contributed by atoms with E-state index in [1.807, 2.05) is 6.07 Å². The van der Waals surface area contributed by atoms with Crippen LogP contribution in [0.15, 0.2) is 22.6 Å². The van der Waals surface area contributed by atoms with Crippen molar-refractivity contribution in [3.05, 3.63) is 24.1 Å². The lowest BCUT2D eigenvalue weighted by Gasteiger charge is -2.25. The van der Waals surface area contributed by atoms with Crippen molar-refractivity contribution in [2.24, 2.45) is 5.92 Å². The second-order valence-corrected chi connectivity index (χ2v) is 5.94. The summed E-state index contributed by atoms with van der Waals surface area (Å²) in [5.41, 5.74) is 2.11. The number of benzene rings is 1. The Labute approximate surface area is 128 Å². The number of hydrogen-bond donors (Lipinski definition) is 3. The number of amides is 2. The second-order valence-electron chi connectivity index (χ2n) is 5.94. The fraction of sp³-hybridized carbons (Fsp3) is 0.500. The summed E-state index contributed by atoms with van der Waals surface area (Å²) in [4.78, 5) is 16.2. The maximum atomic E-state index is 11.9. The molecule has 2 unspecified atom stereocenters. The summed E-state index contributed by atoms with van der Waals surface area (Å²) >= 11 is 0. The number of aliphatic hydroxyl groups excluding tert-OH is 1. The molecule has 2 aromatic rings. The molecule has 0 spiro atoms. The molecule has 0 radical (unpaired) electrons. The molecule has 118 valence electrons. The zero-order valence-corrected chi connectivity index (χ0v) is 12.6. The number of hydrogen-bond acceptors (Lipinski definition) is 4. The summed E-state index contributed by atoms with van der Waals surface area (Å²) in [6.07, 6.45) is 3.50. The van der Waals surface area contributed by atoms with Gasteiger partial charge in [0, 0.05) is 25.2 Å². The van der Waals surface area contributed by atoms with Gasteiger partial charge in [-0.2, -0.15) is 0 Å². The molecule has 0 bridgehead atoms. The zero-order valence-electron chi connectivity index (χ0n) is 12.6. The minimum atomic E-state index is -0.240. The number of aromatic nitrogens is 1. The van der Waals surface area contributed by atoms with E-state index in [0.29, 0.717) is 29.6 Å². The molecule has 22 heavy (non-hydrogen) atoms. The summed E-state index contributed by atoms with van der Waals surface area (Å²) in [5, 5.41) is 15.3. The standard InChI is InChI=1S/C16H21N3O3/c1-10-18-14-6-5-12(8-15(14)22-10)19-16(21)17-9-11-3-2-4-13(20)7-11/h5-6,8,11,13,20H,2-4,7,9H2,1H3,(H2,17,19,21). The molecule has 6 nitrogen and oxygen atoms in total. The van der Waals surface area contributed by atoms with Gasteiger partial charge >= 0.3 is 6.03 Å². The Morgan fingerprint density at radius 1 is 1.45 bits per heavy atom. The number of nitrogens with zero attached hydrogens (tertiary/aromatic N) is 1. The van der Waals surface area contributed by atoms with Crippen molar-refractivity contribution in [1.29, 1.82) is 0 Å². The number of carbonyl (C=O) groups is 1. The molecule has 1 aliphatic rings. The van der Waals surface area contributed by atoms with Gasteiger partial charge in [-0.15, -0.1) is 0 Å². The van der Waals surface area contributed by atoms with Crippen LogP contribution in [0.25, 0.3) is 11.1 Å². The van der Waals surface area contributed by atoms with Crippen molar-refractivity contribution in [3.8, 4) is 0 Å². The quantitative estimate of drug-likeness (QED) is 0.813. The maximum Gasteiger partial charge on any atom is 0.319 e. The number of aryl methyl sites for hydroxylation is 1. The van der Waals surface area contributed by atoms with Crippen LogP contribution in [-0.2, 0) is 0 Å². The van der Waals surface area contributed by atoms with Crippen molar-refractivity contribution >= 4 is 22.8 Å². The first-order valence-electron chi connectivity index (χ1n) is 7.70. The molecule has 3 N–H and O–H groups in total. The number of oxazole rings is 1. The number of nitrogens with one attached hydrogen (secondary N) is 2. The van der Waals surface area contributed by atoms with Crippen LogP contribution >= 0.6 is 0 Å². The minimum absolute atomic E-state index is 0.222. The van der Waals surface area contributed by atoms with Crippen LogP contribution in [0, 0.1) is 12.8 Å². The summed E-state index contributed by atoms with van der Waals surface area (Å²) < 4.78 is 5.45. The largest absolute Gasteiger partial charge is 0.441 e. The lowest BCUT2D eigenvalue weighted by molar-refractivity contribution is 0.101. The third-order valence-corrected chi connectivity index (χ3v) is 4.06. The predicted octanol–water partition coefficient (Wildman–Crippen LogP) is 2.81. The van der Waals surface area contributed by atoms with Crippen molar-refractivity contribution in [1.82, 2.24) is 10.3 Å². The predicted molar refractivity (Wildman–Crippen MR) is 83.7 cm³/mol. The molecule has 2 amide bonds. The SMILES string of the molecule is Cc1nc2ccc(NC(=O)NCC3CCCC(O)C3)cc2o1. The number of anilines is 1. The molecule has 0 aliphatic heterocycles. The molecule has 0 saturated heterocycles. The second kappa shape index (κ2) is 6.36. The molecule has 1 heterocycles. The molecule has 1 saturated carbocycles. The van der Waals surface area contributed by atoms with Gasteiger partial charge in [-0.1, -0.05) is 6.42 Å². The van der Waals surface area contributed by atoms with Crippen molar-refractivity contribution in [3.63, 3.8) is 0 Å². The highest BCUT2D eigenvalue weighted by atomic mass is 16.3. The number of rotatable bonds is 3. The van der Waals surface area contributed by atoms with E-state index in [4.69, 9.17) is 4.42 Å². The van der Waals surface area contributed by atoms with E-state index in [-0.39, 0.29) is 12.1 Å². The van der Waals surface area contributed by atoms with E-state index in [1.54, 1.807) is 19.1 Å². The van der Waals surface area contributed by atoms with Gasteiger partial charge in [-0.3, -0.25) is 0 Å². The average molecular weight is 303 g/mol. The van der Waals surface area contributed by atoms with E-state index >= 15 is 0 Å². The van der Waals surface area contributed by atoms with Crippen LogP contribution < -0.4 is 10.6 Å². The first-order chi connectivity index (χ1) is 10.6. The Kier molecular flexibility index (Phi) is 4.29. The van der Waals surface area contributed by atoms with Crippen LogP contribution in [0.5, 0.6) is 0 Å². The molecule has 6 heteroatoms. The molecular formula is C16H21N3O3. The highest BCUT2D eigenvalue weighted by Crippen LogP contribution is 2.23. The van der Waals surface area contributed by atoms with E-state index in [2.05, 4.69) is 15.6 Å². The van der Waals surface area contributed by atoms with Crippen molar-refractivity contribution in [2.45, 2.75) is 38.7 Å². The summed E-state index contributed by atoms with van der Waals surface area (Å²) in [6.45, 7) is 2.38. The van der Waals surface area contributed by atoms with Gasteiger partial charge in [0.2, 0.25) is 0 Å². The van der Waals surface area contributed by atoms with Gasteiger partial charge in [-0.05, 0) is 37.3 Å². The van der Waals surface area contributed by atoms with Crippen LogP contribution in [0.3, 0.4) is 0 Å². The summed E-state index contributed by atoms with van der Waals surface area (Å²) in [7, 11) is 0. The Morgan fingerprint density at radius 2 is 2.32 bits per heavy atom. The van der Waals surface area contributed by atoms with Gasteiger partial charge in [0.05, 0.1) is 6.10 Å². The van der Waals surface area contributed by atoms with Gasteiger partial charge in [0.25, 0.3) is 0 Å². The molecule has 2 atom stereocenters. The number of fused-ring (bicyclic) bond motifs is 1. The zero-order chi connectivity index (χ0) is 15.5. The average Bonchev–Trinajstić information content (AvgIpc) is 2.84. The molecule has 1 aromatic heterocycles. The van der Waals surface area contributed by atoms with Crippen LogP contribution in [0.4, 0.5) is 10.5 Å². The maximum absolute atomic E-state index is 11.9. The molecule has 1 fully saturated rings. The summed E-state index contributed by atoms with van der Waals surface area (Å²) in [6, 6.07) is 5.14. The van der Waals surface area contributed by atoms with E-state index in [9.17, 15) is 9.90 Å².